The third-order valence-corrected chi connectivity index (χ3v) is 3.16. The SMILES string of the molecule is COc1cc(NCc2c(C)noc2C)ccc1NC(C)=O. The van der Waals surface area contributed by atoms with E-state index in [0.717, 1.165) is 22.7 Å². The number of ether oxygens (including phenoxy) is 1. The van der Waals surface area contributed by atoms with Gasteiger partial charge in [0.05, 0.1) is 18.5 Å². The van der Waals surface area contributed by atoms with Gasteiger partial charge in [-0.15, -0.1) is 0 Å². The van der Waals surface area contributed by atoms with E-state index in [0.29, 0.717) is 18.0 Å². The molecule has 6 heteroatoms. The number of amides is 1. The van der Waals surface area contributed by atoms with Crippen molar-refractivity contribution >= 4 is 17.3 Å². The maximum absolute atomic E-state index is 11.1. The van der Waals surface area contributed by atoms with Crippen LogP contribution >= 0.6 is 0 Å². The second-order valence-corrected chi connectivity index (χ2v) is 4.75. The van der Waals surface area contributed by atoms with E-state index in [2.05, 4.69) is 15.8 Å². The normalized spacial score (nSPS) is 10.3. The van der Waals surface area contributed by atoms with Gasteiger partial charge >= 0.3 is 0 Å². The van der Waals surface area contributed by atoms with Crippen LogP contribution < -0.4 is 15.4 Å². The second-order valence-electron chi connectivity index (χ2n) is 4.75. The van der Waals surface area contributed by atoms with Gasteiger partial charge in [-0.3, -0.25) is 4.79 Å². The van der Waals surface area contributed by atoms with Crippen molar-refractivity contribution in [1.29, 1.82) is 0 Å². The van der Waals surface area contributed by atoms with Gasteiger partial charge in [-0.05, 0) is 26.0 Å². The molecular weight excluding hydrogens is 270 g/mol. The van der Waals surface area contributed by atoms with Crippen molar-refractivity contribution in [2.24, 2.45) is 0 Å². The fourth-order valence-corrected chi connectivity index (χ4v) is 2.04. The van der Waals surface area contributed by atoms with E-state index in [1.165, 1.54) is 6.92 Å². The Hall–Kier alpha value is -2.50. The first kappa shape index (κ1) is 14.9. The molecule has 0 bridgehead atoms. The quantitative estimate of drug-likeness (QED) is 0.885. The molecule has 0 unspecified atom stereocenters. The third kappa shape index (κ3) is 3.53. The Morgan fingerprint density at radius 2 is 2.14 bits per heavy atom. The molecule has 1 amide bonds. The van der Waals surface area contributed by atoms with Gasteiger partial charge < -0.3 is 19.9 Å². The van der Waals surface area contributed by atoms with Crippen LogP contribution in [0.2, 0.25) is 0 Å². The molecule has 0 aliphatic rings. The molecule has 2 aromatic rings. The Labute approximate surface area is 123 Å². The van der Waals surface area contributed by atoms with Crippen molar-refractivity contribution in [2.45, 2.75) is 27.3 Å². The highest BCUT2D eigenvalue weighted by Crippen LogP contribution is 2.28. The summed E-state index contributed by atoms with van der Waals surface area (Å²) in [5, 5.41) is 9.94. The first-order valence-electron chi connectivity index (χ1n) is 6.62. The van der Waals surface area contributed by atoms with Crippen molar-refractivity contribution in [3.8, 4) is 5.75 Å². The number of aryl methyl sites for hydroxylation is 2. The molecule has 0 saturated carbocycles. The predicted octanol–water partition coefficient (Wildman–Crippen LogP) is 2.87. The summed E-state index contributed by atoms with van der Waals surface area (Å²) in [4.78, 5) is 11.1. The topological polar surface area (TPSA) is 76.4 Å². The van der Waals surface area contributed by atoms with E-state index in [1.54, 1.807) is 13.2 Å². The van der Waals surface area contributed by atoms with Gasteiger partial charge in [0.1, 0.15) is 11.5 Å². The van der Waals surface area contributed by atoms with Crippen LogP contribution in [0.4, 0.5) is 11.4 Å². The average molecular weight is 289 g/mol. The zero-order chi connectivity index (χ0) is 15.4. The summed E-state index contributed by atoms with van der Waals surface area (Å²) in [5.41, 5.74) is 3.45. The standard InChI is InChI=1S/C15H19N3O3/c1-9-13(10(2)21-18-9)8-16-12-5-6-14(17-11(3)19)15(7-12)20-4/h5-7,16H,8H2,1-4H3,(H,17,19). The molecule has 2 N–H and O–H groups in total. The lowest BCUT2D eigenvalue weighted by molar-refractivity contribution is -0.114. The van der Waals surface area contributed by atoms with Gasteiger partial charge in [0.25, 0.3) is 0 Å². The van der Waals surface area contributed by atoms with Gasteiger partial charge in [-0.1, -0.05) is 5.16 Å². The minimum atomic E-state index is -0.135. The fourth-order valence-electron chi connectivity index (χ4n) is 2.04. The second kappa shape index (κ2) is 6.30. The van der Waals surface area contributed by atoms with Gasteiger partial charge in [0.15, 0.2) is 0 Å². The summed E-state index contributed by atoms with van der Waals surface area (Å²) < 4.78 is 10.4. The number of nitrogens with zero attached hydrogens (tertiary/aromatic N) is 1. The summed E-state index contributed by atoms with van der Waals surface area (Å²) >= 11 is 0. The van der Waals surface area contributed by atoms with E-state index in [-0.39, 0.29) is 5.91 Å². The minimum absolute atomic E-state index is 0.135. The molecule has 2 rings (SSSR count). The summed E-state index contributed by atoms with van der Waals surface area (Å²) in [6.07, 6.45) is 0. The first-order valence-corrected chi connectivity index (χ1v) is 6.62. The highest BCUT2D eigenvalue weighted by Gasteiger charge is 2.10. The molecule has 0 radical (unpaired) electrons. The zero-order valence-corrected chi connectivity index (χ0v) is 12.6. The monoisotopic (exact) mass is 289 g/mol. The van der Waals surface area contributed by atoms with Crippen molar-refractivity contribution in [1.82, 2.24) is 5.16 Å². The lowest BCUT2D eigenvalue weighted by Gasteiger charge is -2.12. The number of carbonyl (C=O) groups is 1. The summed E-state index contributed by atoms with van der Waals surface area (Å²) in [6, 6.07) is 5.52. The van der Waals surface area contributed by atoms with Crippen LogP contribution in [0.15, 0.2) is 22.7 Å². The molecule has 0 aliphatic carbocycles. The fraction of sp³-hybridized carbons (Fsp3) is 0.333. The third-order valence-electron chi connectivity index (χ3n) is 3.16. The lowest BCUT2D eigenvalue weighted by atomic mass is 10.2. The van der Waals surface area contributed by atoms with E-state index >= 15 is 0 Å². The number of anilines is 2. The summed E-state index contributed by atoms with van der Waals surface area (Å²) in [6.45, 7) is 5.87. The molecule has 0 saturated heterocycles. The molecule has 21 heavy (non-hydrogen) atoms. The number of hydrogen-bond donors (Lipinski definition) is 2. The number of methoxy groups -OCH3 is 1. The number of hydrogen-bond acceptors (Lipinski definition) is 5. The average Bonchev–Trinajstić information content (AvgIpc) is 2.76. The molecule has 0 spiro atoms. The molecular formula is C15H19N3O3. The largest absolute Gasteiger partial charge is 0.494 e. The zero-order valence-electron chi connectivity index (χ0n) is 12.6. The molecule has 0 fully saturated rings. The Balaban J connectivity index is 2.12. The van der Waals surface area contributed by atoms with Crippen LogP contribution in [-0.2, 0) is 11.3 Å². The van der Waals surface area contributed by atoms with Gasteiger partial charge in [-0.25, -0.2) is 0 Å². The van der Waals surface area contributed by atoms with Gasteiger partial charge in [0, 0.05) is 30.8 Å². The highest BCUT2D eigenvalue weighted by molar-refractivity contribution is 5.90. The predicted molar refractivity (Wildman–Crippen MR) is 80.6 cm³/mol. The molecule has 1 aromatic carbocycles. The number of aromatic nitrogens is 1. The Morgan fingerprint density at radius 1 is 1.38 bits per heavy atom. The van der Waals surface area contributed by atoms with Crippen molar-refractivity contribution in [2.75, 3.05) is 17.7 Å². The molecule has 1 heterocycles. The van der Waals surface area contributed by atoms with E-state index < -0.39 is 0 Å². The summed E-state index contributed by atoms with van der Waals surface area (Å²) in [5.74, 6) is 1.28. The maximum atomic E-state index is 11.1. The van der Waals surface area contributed by atoms with Crippen molar-refractivity contribution in [3.63, 3.8) is 0 Å². The minimum Gasteiger partial charge on any atom is -0.494 e. The van der Waals surface area contributed by atoms with Crippen molar-refractivity contribution in [3.05, 3.63) is 35.2 Å². The number of nitrogens with one attached hydrogen (secondary N) is 2. The van der Waals surface area contributed by atoms with Crippen LogP contribution in [0, 0.1) is 13.8 Å². The van der Waals surface area contributed by atoms with Crippen LogP contribution in [0.1, 0.15) is 23.9 Å². The van der Waals surface area contributed by atoms with Gasteiger partial charge in [0.2, 0.25) is 5.91 Å². The maximum Gasteiger partial charge on any atom is 0.221 e. The molecule has 0 atom stereocenters. The Kier molecular flexibility index (Phi) is 4.47. The van der Waals surface area contributed by atoms with Crippen LogP contribution in [0.25, 0.3) is 0 Å². The lowest BCUT2D eigenvalue weighted by Crippen LogP contribution is -2.08. The van der Waals surface area contributed by atoms with Crippen LogP contribution in [0.3, 0.4) is 0 Å². The van der Waals surface area contributed by atoms with Crippen LogP contribution in [0.5, 0.6) is 5.75 Å². The number of benzene rings is 1. The molecule has 112 valence electrons. The smallest absolute Gasteiger partial charge is 0.221 e. The van der Waals surface area contributed by atoms with Gasteiger partial charge in [-0.2, -0.15) is 0 Å². The number of carbonyl (C=O) groups excluding carboxylic acids is 1. The van der Waals surface area contributed by atoms with Crippen LogP contribution in [-0.4, -0.2) is 18.2 Å². The first-order chi connectivity index (χ1) is 10.0. The van der Waals surface area contributed by atoms with Crippen molar-refractivity contribution < 1.29 is 14.1 Å². The molecule has 0 aliphatic heterocycles. The highest BCUT2D eigenvalue weighted by atomic mass is 16.5. The van der Waals surface area contributed by atoms with E-state index in [9.17, 15) is 4.79 Å². The number of rotatable bonds is 5. The summed E-state index contributed by atoms with van der Waals surface area (Å²) in [7, 11) is 1.57. The van der Waals surface area contributed by atoms with E-state index in [4.69, 9.17) is 9.26 Å². The molecule has 1 aromatic heterocycles. The Bertz CT molecular complexity index is 630. The van der Waals surface area contributed by atoms with E-state index in [1.807, 2.05) is 26.0 Å². The Morgan fingerprint density at radius 3 is 2.71 bits per heavy atom. The molecule has 6 nitrogen and oxygen atoms in total.